The van der Waals surface area contributed by atoms with Gasteiger partial charge in [-0.1, -0.05) is 29.8 Å². The Morgan fingerprint density at radius 2 is 2.17 bits per heavy atom. The fraction of sp³-hybridized carbons (Fsp3) is 0.0714. The van der Waals surface area contributed by atoms with E-state index in [4.69, 9.17) is 17.3 Å². The molecule has 0 atom stereocenters. The Hall–Kier alpha value is -1.76. The highest BCUT2D eigenvalue weighted by molar-refractivity contribution is 7.11. The first kappa shape index (κ1) is 12.7. The zero-order chi connectivity index (χ0) is 13.1. The summed E-state index contributed by atoms with van der Waals surface area (Å²) in [6.07, 6.45) is 0. The summed E-state index contributed by atoms with van der Waals surface area (Å²) < 4.78 is 0. The van der Waals surface area contributed by atoms with Crippen LogP contribution in [0, 0.1) is 18.3 Å². The van der Waals surface area contributed by atoms with Gasteiger partial charge in [-0.3, -0.25) is 0 Å². The maximum atomic E-state index is 9.25. The molecule has 4 heteroatoms. The molecule has 0 unspecified atom stereocenters. The fourth-order valence-electron chi connectivity index (χ4n) is 1.64. The Kier molecular flexibility index (Phi) is 3.71. The lowest BCUT2D eigenvalue weighted by atomic mass is 10.0. The van der Waals surface area contributed by atoms with Crippen LogP contribution >= 0.6 is 22.9 Å². The number of allylic oxidation sites excluding steroid dienone is 1. The van der Waals surface area contributed by atoms with Crippen molar-refractivity contribution < 1.29 is 0 Å². The molecular formula is C14H11ClN2S. The second kappa shape index (κ2) is 5.26. The third-order valence-electron chi connectivity index (χ3n) is 2.56. The van der Waals surface area contributed by atoms with Crippen molar-refractivity contribution in [2.24, 2.45) is 5.73 Å². The SMILES string of the molecule is Cc1ccc(/C(N)=C(/C#N)c2cccs2)c(Cl)c1. The molecule has 0 fully saturated rings. The van der Waals surface area contributed by atoms with Crippen molar-refractivity contribution in [1.29, 1.82) is 5.26 Å². The first-order valence-electron chi connectivity index (χ1n) is 5.33. The minimum atomic E-state index is 0.421. The van der Waals surface area contributed by atoms with Gasteiger partial charge in [-0.25, -0.2) is 0 Å². The summed E-state index contributed by atoms with van der Waals surface area (Å²) in [6.45, 7) is 1.96. The third-order valence-corrected chi connectivity index (χ3v) is 3.76. The normalized spacial score (nSPS) is 11.8. The van der Waals surface area contributed by atoms with E-state index in [1.807, 2.05) is 42.6 Å². The van der Waals surface area contributed by atoms with Gasteiger partial charge in [-0.2, -0.15) is 5.26 Å². The molecule has 2 nitrogen and oxygen atoms in total. The van der Waals surface area contributed by atoms with Crippen LogP contribution in [0.3, 0.4) is 0 Å². The number of thiophene rings is 1. The Morgan fingerprint density at radius 3 is 2.72 bits per heavy atom. The lowest BCUT2D eigenvalue weighted by Crippen LogP contribution is -2.00. The van der Waals surface area contributed by atoms with Gasteiger partial charge in [0.05, 0.1) is 16.3 Å². The first-order chi connectivity index (χ1) is 8.63. The van der Waals surface area contributed by atoms with Crippen LogP contribution < -0.4 is 5.73 Å². The molecule has 0 aliphatic carbocycles. The predicted octanol–water partition coefficient (Wildman–Crippen LogP) is 4.06. The van der Waals surface area contributed by atoms with Gasteiger partial charge < -0.3 is 5.73 Å². The summed E-state index contributed by atoms with van der Waals surface area (Å²) in [5.74, 6) is 0. The minimum absolute atomic E-state index is 0.421. The Balaban J connectivity index is 2.58. The second-order valence-electron chi connectivity index (χ2n) is 3.86. The van der Waals surface area contributed by atoms with E-state index in [9.17, 15) is 5.26 Å². The number of nitriles is 1. The van der Waals surface area contributed by atoms with Gasteiger partial charge in [0.1, 0.15) is 6.07 Å². The largest absolute Gasteiger partial charge is 0.397 e. The van der Waals surface area contributed by atoms with Crippen molar-refractivity contribution in [3.8, 4) is 6.07 Å². The van der Waals surface area contributed by atoms with Crippen LogP contribution in [0.1, 0.15) is 16.0 Å². The van der Waals surface area contributed by atoms with Crippen LogP contribution in [0.15, 0.2) is 35.7 Å². The van der Waals surface area contributed by atoms with Crippen molar-refractivity contribution in [3.05, 3.63) is 56.7 Å². The minimum Gasteiger partial charge on any atom is -0.397 e. The van der Waals surface area contributed by atoms with E-state index in [0.717, 1.165) is 10.4 Å². The summed E-state index contributed by atoms with van der Waals surface area (Å²) in [5, 5.41) is 11.7. The summed E-state index contributed by atoms with van der Waals surface area (Å²) in [7, 11) is 0. The van der Waals surface area contributed by atoms with Gasteiger partial charge in [0, 0.05) is 10.4 Å². The molecule has 0 saturated heterocycles. The maximum absolute atomic E-state index is 9.25. The van der Waals surface area contributed by atoms with Crippen LogP contribution in [-0.4, -0.2) is 0 Å². The second-order valence-corrected chi connectivity index (χ2v) is 5.22. The molecule has 2 aromatic rings. The summed E-state index contributed by atoms with van der Waals surface area (Å²) in [4.78, 5) is 0.853. The molecule has 90 valence electrons. The fourth-order valence-corrected chi connectivity index (χ4v) is 2.71. The molecule has 0 aliphatic rings. The van der Waals surface area contributed by atoms with Crippen molar-refractivity contribution in [2.75, 3.05) is 0 Å². The number of aryl methyl sites for hydroxylation is 1. The molecule has 0 amide bonds. The molecule has 2 N–H and O–H groups in total. The molecule has 0 bridgehead atoms. The van der Waals surface area contributed by atoms with Crippen LogP contribution in [-0.2, 0) is 0 Å². The summed E-state index contributed by atoms with van der Waals surface area (Å²) >= 11 is 7.65. The van der Waals surface area contributed by atoms with Crippen LogP contribution in [0.4, 0.5) is 0 Å². The van der Waals surface area contributed by atoms with Crippen LogP contribution in [0.5, 0.6) is 0 Å². The Bertz CT molecular complexity index is 636. The lowest BCUT2D eigenvalue weighted by Gasteiger charge is -2.07. The maximum Gasteiger partial charge on any atom is 0.103 e. The monoisotopic (exact) mass is 274 g/mol. The van der Waals surface area contributed by atoms with E-state index >= 15 is 0 Å². The summed E-state index contributed by atoms with van der Waals surface area (Å²) in [6, 6.07) is 11.5. The molecule has 1 aromatic carbocycles. The Labute approximate surface area is 115 Å². The van der Waals surface area contributed by atoms with Gasteiger partial charge in [0.2, 0.25) is 0 Å². The van der Waals surface area contributed by atoms with Gasteiger partial charge in [-0.05, 0) is 30.0 Å². The Morgan fingerprint density at radius 1 is 1.39 bits per heavy atom. The molecule has 0 aliphatic heterocycles. The molecule has 2 rings (SSSR count). The quantitative estimate of drug-likeness (QED) is 0.840. The first-order valence-corrected chi connectivity index (χ1v) is 6.59. The molecule has 0 saturated carbocycles. The highest BCUT2D eigenvalue weighted by Crippen LogP contribution is 2.29. The van der Waals surface area contributed by atoms with Crippen molar-refractivity contribution in [2.45, 2.75) is 6.92 Å². The number of halogens is 1. The van der Waals surface area contributed by atoms with Crippen molar-refractivity contribution in [3.63, 3.8) is 0 Å². The zero-order valence-electron chi connectivity index (χ0n) is 9.77. The number of nitrogens with two attached hydrogens (primary N) is 1. The average Bonchev–Trinajstić information content (AvgIpc) is 2.83. The highest BCUT2D eigenvalue weighted by Gasteiger charge is 2.12. The molecule has 1 heterocycles. The van der Waals surface area contributed by atoms with Crippen molar-refractivity contribution in [1.82, 2.24) is 0 Å². The van der Waals surface area contributed by atoms with Gasteiger partial charge in [0.25, 0.3) is 0 Å². The van der Waals surface area contributed by atoms with Crippen LogP contribution in [0.25, 0.3) is 11.3 Å². The molecule has 1 aromatic heterocycles. The van der Waals surface area contributed by atoms with Gasteiger partial charge in [-0.15, -0.1) is 11.3 Å². The van der Waals surface area contributed by atoms with E-state index in [-0.39, 0.29) is 0 Å². The van der Waals surface area contributed by atoms with E-state index in [0.29, 0.717) is 21.9 Å². The number of rotatable bonds is 2. The molecule has 18 heavy (non-hydrogen) atoms. The van der Waals surface area contributed by atoms with Crippen molar-refractivity contribution >= 4 is 34.2 Å². The number of benzene rings is 1. The average molecular weight is 275 g/mol. The standard InChI is InChI=1S/C14H11ClN2S/c1-9-4-5-10(12(15)7-9)14(17)11(8-16)13-3-2-6-18-13/h2-7H,17H2,1H3/b14-11+. The topological polar surface area (TPSA) is 49.8 Å². The number of hydrogen-bond acceptors (Lipinski definition) is 3. The predicted molar refractivity (Wildman–Crippen MR) is 77.1 cm³/mol. The smallest absolute Gasteiger partial charge is 0.103 e. The van der Waals surface area contributed by atoms with E-state index in [1.54, 1.807) is 0 Å². The lowest BCUT2D eigenvalue weighted by molar-refractivity contribution is 1.43. The van der Waals surface area contributed by atoms with E-state index in [2.05, 4.69) is 6.07 Å². The molecular weight excluding hydrogens is 264 g/mol. The molecule has 0 radical (unpaired) electrons. The van der Waals surface area contributed by atoms with Gasteiger partial charge >= 0.3 is 0 Å². The third kappa shape index (κ3) is 2.40. The summed E-state index contributed by atoms with van der Waals surface area (Å²) in [5.41, 5.74) is 8.72. The van der Waals surface area contributed by atoms with Crippen LogP contribution in [0.2, 0.25) is 5.02 Å². The van der Waals surface area contributed by atoms with Gasteiger partial charge in [0.15, 0.2) is 0 Å². The number of nitrogens with zero attached hydrogens (tertiary/aromatic N) is 1. The van der Waals surface area contributed by atoms with E-state index < -0.39 is 0 Å². The zero-order valence-corrected chi connectivity index (χ0v) is 11.3. The highest BCUT2D eigenvalue weighted by atomic mass is 35.5. The molecule has 0 spiro atoms. The van der Waals surface area contributed by atoms with E-state index in [1.165, 1.54) is 11.3 Å². The number of hydrogen-bond donors (Lipinski definition) is 1.